The maximum atomic E-state index is 11.9. The predicted octanol–water partition coefficient (Wildman–Crippen LogP) is 3.48. The first-order valence-electron chi connectivity index (χ1n) is 8.73. The Morgan fingerprint density at radius 2 is 1.96 bits per heavy atom. The Balaban J connectivity index is 2.88. The zero-order valence-electron chi connectivity index (χ0n) is 15.9. The van der Waals surface area contributed by atoms with Crippen molar-refractivity contribution < 1.29 is 14.3 Å². The van der Waals surface area contributed by atoms with Crippen LogP contribution in [0.4, 0.5) is 0 Å². The first-order valence-corrected chi connectivity index (χ1v) is 8.73. The third-order valence-electron chi connectivity index (χ3n) is 5.72. The van der Waals surface area contributed by atoms with E-state index in [9.17, 15) is 4.79 Å². The molecule has 5 nitrogen and oxygen atoms in total. The largest absolute Gasteiger partial charge is 0.469 e. The Kier molecular flexibility index (Phi) is 7.05. The van der Waals surface area contributed by atoms with Gasteiger partial charge < -0.3 is 9.47 Å². The maximum absolute atomic E-state index is 11.9. The first-order chi connectivity index (χ1) is 10.8. The van der Waals surface area contributed by atoms with Crippen molar-refractivity contribution in [3.8, 4) is 0 Å². The van der Waals surface area contributed by atoms with Gasteiger partial charge in [0.15, 0.2) is 0 Å². The van der Waals surface area contributed by atoms with E-state index in [1.165, 1.54) is 7.11 Å². The Labute approximate surface area is 141 Å². The average Bonchev–Trinajstić information content (AvgIpc) is 3.03. The van der Waals surface area contributed by atoms with Crippen molar-refractivity contribution in [3.05, 3.63) is 0 Å². The number of rotatable bonds is 8. The van der Waals surface area contributed by atoms with E-state index < -0.39 is 5.41 Å². The summed E-state index contributed by atoms with van der Waals surface area (Å²) < 4.78 is 10.8. The van der Waals surface area contributed by atoms with Crippen molar-refractivity contribution in [3.63, 3.8) is 0 Å². The minimum atomic E-state index is -0.582. The summed E-state index contributed by atoms with van der Waals surface area (Å²) in [4.78, 5) is 11.9. The summed E-state index contributed by atoms with van der Waals surface area (Å²) in [5, 5.41) is 6.87. The zero-order chi connectivity index (χ0) is 17.7. The Morgan fingerprint density at radius 3 is 2.43 bits per heavy atom. The molecule has 0 amide bonds. The Hall–Kier alpha value is -1.10. The summed E-state index contributed by atoms with van der Waals surface area (Å²) in [6.07, 6.45) is 6.06. The molecule has 0 saturated carbocycles. The Bertz CT molecular complexity index is 408. The van der Waals surface area contributed by atoms with Gasteiger partial charge >= 0.3 is 5.97 Å². The summed E-state index contributed by atoms with van der Waals surface area (Å²) >= 11 is 0. The van der Waals surface area contributed by atoms with Gasteiger partial charge in [-0.3, -0.25) is 9.80 Å². The van der Waals surface area contributed by atoms with Gasteiger partial charge in [0.1, 0.15) is 0 Å². The molecule has 0 radical (unpaired) electrons. The standard InChI is InChI=1S/C18H34N2O3/c1-8-18(9-2,23-7)15-11-10-12-20(15)19-13-14(3)17(4,5)16(21)22-6/h13-15H,8-12H2,1-7H3/b19-13+/t14?,15-/m0/s1. The second-order valence-corrected chi connectivity index (χ2v) is 7.06. The quantitative estimate of drug-likeness (QED) is 0.506. The highest BCUT2D eigenvalue weighted by Gasteiger charge is 2.42. The van der Waals surface area contributed by atoms with Crippen LogP contribution < -0.4 is 0 Å². The molecule has 0 bridgehead atoms. The molecule has 5 heteroatoms. The topological polar surface area (TPSA) is 51.1 Å². The van der Waals surface area contributed by atoms with Crippen molar-refractivity contribution in [2.24, 2.45) is 16.4 Å². The van der Waals surface area contributed by atoms with Crippen LogP contribution in [0.5, 0.6) is 0 Å². The van der Waals surface area contributed by atoms with Crippen LogP contribution in [0.1, 0.15) is 60.3 Å². The molecule has 1 heterocycles. The number of hydrogen-bond donors (Lipinski definition) is 0. The molecule has 2 atom stereocenters. The molecule has 0 aromatic carbocycles. The van der Waals surface area contributed by atoms with Crippen LogP contribution in [0.25, 0.3) is 0 Å². The molecule has 1 fully saturated rings. The van der Waals surface area contributed by atoms with Crippen LogP contribution in [0.15, 0.2) is 5.10 Å². The molecule has 1 saturated heterocycles. The van der Waals surface area contributed by atoms with Crippen molar-refractivity contribution in [1.82, 2.24) is 5.01 Å². The van der Waals surface area contributed by atoms with E-state index in [1.807, 2.05) is 27.0 Å². The molecule has 0 aromatic rings. The first kappa shape index (κ1) is 19.9. The lowest BCUT2D eigenvalue weighted by Crippen LogP contribution is -2.48. The maximum Gasteiger partial charge on any atom is 0.311 e. The van der Waals surface area contributed by atoms with Gasteiger partial charge in [0.25, 0.3) is 0 Å². The van der Waals surface area contributed by atoms with Gasteiger partial charge in [0, 0.05) is 25.8 Å². The second-order valence-electron chi connectivity index (χ2n) is 7.06. The van der Waals surface area contributed by atoms with E-state index in [4.69, 9.17) is 14.6 Å². The number of carbonyl (C=O) groups excluding carboxylic acids is 1. The third kappa shape index (κ3) is 4.06. The summed E-state index contributed by atoms with van der Waals surface area (Å²) in [6.45, 7) is 11.1. The molecule has 1 aliphatic heterocycles. The van der Waals surface area contributed by atoms with Crippen molar-refractivity contribution in [1.29, 1.82) is 0 Å². The summed E-state index contributed by atoms with van der Waals surface area (Å²) in [5.74, 6) is -0.209. The van der Waals surface area contributed by atoms with E-state index in [1.54, 1.807) is 7.11 Å². The fourth-order valence-corrected chi connectivity index (χ4v) is 3.39. The summed E-state index contributed by atoms with van der Waals surface area (Å²) in [6, 6.07) is 0.298. The SMILES string of the molecule is CCC(CC)(OC)[C@@H]1CCCN1/N=C/C(C)C(C)(C)C(=O)OC. The molecular formula is C18H34N2O3. The average molecular weight is 326 g/mol. The Morgan fingerprint density at radius 1 is 1.35 bits per heavy atom. The minimum absolute atomic E-state index is 0.00334. The molecule has 0 spiro atoms. The highest BCUT2D eigenvalue weighted by atomic mass is 16.5. The number of methoxy groups -OCH3 is 2. The number of carbonyl (C=O) groups is 1. The van der Waals surface area contributed by atoms with Crippen LogP contribution in [-0.2, 0) is 14.3 Å². The summed E-state index contributed by atoms with van der Waals surface area (Å²) in [5.41, 5.74) is -0.726. The fraction of sp³-hybridized carbons (Fsp3) is 0.889. The van der Waals surface area contributed by atoms with E-state index in [0.717, 1.165) is 32.2 Å². The molecule has 1 aliphatic rings. The monoisotopic (exact) mass is 326 g/mol. The second kappa shape index (κ2) is 8.13. The molecule has 0 N–H and O–H groups in total. The molecule has 0 aromatic heterocycles. The van der Waals surface area contributed by atoms with E-state index in [2.05, 4.69) is 18.9 Å². The molecule has 0 aliphatic carbocycles. The third-order valence-corrected chi connectivity index (χ3v) is 5.72. The minimum Gasteiger partial charge on any atom is -0.469 e. The van der Waals surface area contributed by atoms with Crippen molar-refractivity contribution in [2.75, 3.05) is 20.8 Å². The number of hydrazone groups is 1. The molecule has 1 unspecified atom stereocenters. The lowest BCUT2D eigenvalue weighted by molar-refractivity contribution is -0.152. The van der Waals surface area contributed by atoms with Gasteiger partial charge in [-0.1, -0.05) is 20.8 Å². The van der Waals surface area contributed by atoms with Crippen LogP contribution in [-0.4, -0.2) is 49.6 Å². The smallest absolute Gasteiger partial charge is 0.311 e. The number of hydrogen-bond acceptors (Lipinski definition) is 5. The molecule has 1 rings (SSSR count). The molecular weight excluding hydrogens is 292 g/mol. The van der Waals surface area contributed by atoms with E-state index in [-0.39, 0.29) is 17.5 Å². The van der Waals surface area contributed by atoms with Gasteiger partial charge in [-0.25, -0.2) is 0 Å². The van der Waals surface area contributed by atoms with Crippen molar-refractivity contribution in [2.45, 2.75) is 71.9 Å². The van der Waals surface area contributed by atoms with Crippen LogP contribution in [0.2, 0.25) is 0 Å². The predicted molar refractivity (Wildman–Crippen MR) is 93.5 cm³/mol. The van der Waals surface area contributed by atoms with Crippen LogP contribution in [0.3, 0.4) is 0 Å². The highest BCUT2D eigenvalue weighted by Crippen LogP contribution is 2.35. The lowest BCUT2D eigenvalue weighted by atomic mass is 9.81. The number of nitrogens with zero attached hydrogens (tertiary/aromatic N) is 2. The number of ether oxygens (including phenoxy) is 2. The summed E-state index contributed by atoms with van der Waals surface area (Å²) in [7, 11) is 3.23. The van der Waals surface area contributed by atoms with Gasteiger partial charge in [0.05, 0.1) is 24.2 Å². The van der Waals surface area contributed by atoms with E-state index in [0.29, 0.717) is 6.04 Å². The van der Waals surface area contributed by atoms with Crippen LogP contribution in [0, 0.1) is 11.3 Å². The normalized spacial score (nSPS) is 21.0. The van der Waals surface area contributed by atoms with Crippen molar-refractivity contribution >= 4 is 12.2 Å². The molecule has 23 heavy (non-hydrogen) atoms. The van der Waals surface area contributed by atoms with Crippen LogP contribution >= 0.6 is 0 Å². The molecule has 134 valence electrons. The van der Waals surface area contributed by atoms with Gasteiger partial charge in [-0.2, -0.15) is 5.10 Å². The van der Waals surface area contributed by atoms with Gasteiger partial charge in [-0.05, 0) is 39.5 Å². The lowest BCUT2D eigenvalue weighted by Gasteiger charge is -2.40. The van der Waals surface area contributed by atoms with E-state index >= 15 is 0 Å². The highest BCUT2D eigenvalue weighted by molar-refractivity contribution is 5.80. The fourth-order valence-electron chi connectivity index (χ4n) is 3.39. The van der Waals surface area contributed by atoms with Gasteiger partial charge in [0.2, 0.25) is 0 Å². The zero-order valence-corrected chi connectivity index (χ0v) is 15.9. The van der Waals surface area contributed by atoms with Gasteiger partial charge in [-0.15, -0.1) is 0 Å². The number of esters is 1.